The van der Waals surface area contributed by atoms with Crippen LogP contribution in [0.4, 0.5) is 10.2 Å². The minimum Gasteiger partial charge on any atom is -0.353 e. The molecule has 0 atom stereocenters. The Morgan fingerprint density at radius 2 is 1.74 bits per heavy atom. The van der Waals surface area contributed by atoms with Crippen LogP contribution in [0.5, 0.6) is 0 Å². The average Bonchev–Trinajstić information content (AvgIpc) is 2.68. The molecule has 2 aromatic carbocycles. The van der Waals surface area contributed by atoms with E-state index in [-0.39, 0.29) is 4.90 Å². The lowest BCUT2D eigenvalue weighted by Gasteiger charge is -2.35. The fraction of sp³-hybridized carbons (Fsp3) is 0.263. The summed E-state index contributed by atoms with van der Waals surface area (Å²) in [5, 5.41) is 0.987. The predicted octanol–water partition coefficient (Wildman–Crippen LogP) is 2.59. The Kier molecular flexibility index (Phi) is 4.53. The lowest BCUT2D eigenvalue weighted by Crippen LogP contribution is -2.49. The molecular weight excluding hydrogens is 367 g/mol. The van der Waals surface area contributed by atoms with Gasteiger partial charge in [-0.05, 0) is 36.8 Å². The van der Waals surface area contributed by atoms with Crippen molar-refractivity contribution < 1.29 is 12.8 Å². The van der Waals surface area contributed by atoms with Crippen molar-refractivity contribution in [1.82, 2.24) is 14.3 Å². The zero-order chi connectivity index (χ0) is 19.0. The van der Waals surface area contributed by atoms with Crippen molar-refractivity contribution in [3.8, 4) is 0 Å². The number of nitrogens with zero attached hydrogens (tertiary/aromatic N) is 4. The number of aromatic nitrogens is 2. The van der Waals surface area contributed by atoms with Gasteiger partial charge in [-0.15, -0.1) is 0 Å². The third kappa shape index (κ3) is 3.26. The molecular formula is C19H19FN4O2S. The summed E-state index contributed by atoms with van der Waals surface area (Å²) in [6.07, 6.45) is 1.53. The molecule has 1 fully saturated rings. The van der Waals surface area contributed by atoms with Gasteiger partial charge in [0.1, 0.15) is 18.0 Å². The smallest absolute Gasteiger partial charge is 0.243 e. The lowest BCUT2D eigenvalue weighted by molar-refractivity contribution is 0.384. The molecule has 0 radical (unpaired) electrons. The number of hydrogen-bond acceptors (Lipinski definition) is 5. The molecule has 1 aromatic heterocycles. The number of rotatable bonds is 3. The summed E-state index contributed by atoms with van der Waals surface area (Å²) in [4.78, 5) is 10.8. The molecule has 6 nitrogen and oxygen atoms in total. The van der Waals surface area contributed by atoms with Gasteiger partial charge in [0.15, 0.2) is 0 Å². The zero-order valence-electron chi connectivity index (χ0n) is 14.8. The fourth-order valence-corrected chi connectivity index (χ4v) is 4.87. The molecule has 0 saturated carbocycles. The molecule has 0 bridgehead atoms. The summed E-state index contributed by atoms with van der Waals surface area (Å²) in [6, 6.07) is 11.0. The second-order valence-electron chi connectivity index (χ2n) is 6.51. The Hall–Kier alpha value is -2.58. The van der Waals surface area contributed by atoms with Crippen molar-refractivity contribution in [2.75, 3.05) is 31.1 Å². The maximum absolute atomic E-state index is 13.4. The number of piperazine rings is 1. The van der Waals surface area contributed by atoms with E-state index in [2.05, 4.69) is 14.9 Å². The van der Waals surface area contributed by atoms with Gasteiger partial charge in [-0.1, -0.05) is 18.2 Å². The van der Waals surface area contributed by atoms with Crippen LogP contribution in [-0.4, -0.2) is 48.9 Å². The van der Waals surface area contributed by atoms with E-state index < -0.39 is 15.8 Å². The van der Waals surface area contributed by atoms with Gasteiger partial charge in [0.2, 0.25) is 10.0 Å². The van der Waals surface area contributed by atoms with Gasteiger partial charge >= 0.3 is 0 Å². The van der Waals surface area contributed by atoms with Crippen molar-refractivity contribution in [1.29, 1.82) is 0 Å². The molecule has 0 amide bonds. The van der Waals surface area contributed by atoms with Crippen LogP contribution in [0.3, 0.4) is 0 Å². The molecule has 1 aliphatic heterocycles. The topological polar surface area (TPSA) is 66.4 Å². The fourth-order valence-electron chi connectivity index (χ4n) is 3.42. The molecule has 27 heavy (non-hydrogen) atoms. The number of halogens is 1. The standard InChI is InChI=1S/C19H19FN4O2S/c1-14-4-2-7-17-18(14)19(22-13-21-17)23-8-10-24(11-9-23)27(25,26)16-6-3-5-15(20)12-16/h2-7,12-13H,8-11H2,1H3. The highest BCUT2D eigenvalue weighted by Crippen LogP contribution is 2.28. The third-order valence-electron chi connectivity index (χ3n) is 4.82. The van der Waals surface area contributed by atoms with Gasteiger partial charge in [0, 0.05) is 31.6 Å². The number of benzene rings is 2. The van der Waals surface area contributed by atoms with E-state index in [1.54, 1.807) is 0 Å². The first-order valence-corrected chi connectivity index (χ1v) is 10.1. The molecule has 0 aliphatic carbocycles. The molecule has 1 saturated heterocycles. The normalized spacial score (nSPS) is 16.0. The summed E-state index contributed by atoms with van der Waals surface area (Å²) in [6.45, 7) is 3.66. The Labute approximate surface area is 157 Å². The molecule has 0 N–H and O–H groups in total. The van der Waals surface area contributed by atoms with Crippen molar-refractivity contribution in [3.05, 3.63) is 60.2 Å². The van der Waals surface area contributed by atoms with Crippen LogP contribution in [0.1, 0.15) is 5.56 Å². The summed E-state index contributed by atoms with van der Waals surface area (Å²) in [5.74, 6) is 0.263. The van der Waals surface area contributed by atoms with E-state index in [0.29, 0.717) is 26.2 Å². The van der Waals surface area contributed by atoms with E-state index in [0.717, 1.165) is 28.4 Å². The van der Waals surface area contributed by atoms with E-state index in [1.165, 1.54) is 28.8 Å². The average molecular weight is 386 g/mol. The molecule has 4 rings (SSSR count). The van der Waals surface area contributed by atoms with Crippen LogP contribution in [0.15, 0.2) is 53.7 Å². The van der Waals surface area contributed by atoms with E-state index in [4.69, 9.17) is 0 Å². The Balaban J connectivity index is 1.58. The highest BCUT2D eigenvalue weighted by atomic mass is 32.2. The molecule has 3 aromatic rings. The number of aryl methyl sites for hydroxylation is 1. The lowest BCUT2D eigenvalue weighted by atomic mass is 10.1. The highest BCUT2D eigenvalue weighted by molar-refractivity contribution is 7.89. The van der Waals surface area contributed by atoms with E-state index >= 15 is 0 Å². The molecule has 0 spiro atoms. The minimum atomic E-state index is -3.71. The largest absolute Gasteiger partial charge is 0.353 e. The highest BCUT2D eigenvalue weighted by Gasteiger charge is 2.29. The van der Waals surface area contributed by atoms with Crippen molar-refractivity contribution in [2.24, 2.45) is 0 Å². The number of anilines is 1. The third-order valence-corrected chi connectivity index (χ3v) is 6.72. The van der Waals surface area contributed by atoms with Gasteiger partial charge < -0.3 is 4.90 Å². The van der Waals surface area contributed by atoms with Gasteiger partial charge in [0.25, 0.3) is 0 Å². The van der Waals surface area contributed by atoms with Gasteiger partial charge in [0.05, 0.1) is 10.4 Å². The number of hydrogen-bond donors (Lipinski definition) is 0. The van der Waals surface area contributed by atoms with Crippen LogP contribution < -0.4 is 4.90 Å². The Morgan fingerprint density at radius 1 is 1.00 bits per heavy atom. The van der Waals surface area contributed by atoms with Crippen molar-refractivity contribution in [2.45, 2.75) is 11.8 Å². The quantitative estimate of drug-likeness (QED) is 0.692. The summed E-state index contributed by atoms with van der Waals surface area (Å²) in [7, 11) is -3.71. The molecule has 0 unspecified atom stereocenters. The number of fused-ring (bicyclic) bond motifs is 1. The summed E-state index contributed by atoms with van der Waals surface area (Å²) in [5.41, 5.74) is 1.95. The zero-order valence-corrected chi connectivity index (χ0v) is 15.7. The van der Waals surface area contributed by atoms with Crippen LogP contribution in [0.25, 0.3) is 10.9 Å². The first-order chi connectivity index (χ1) is 13.0. The summed E-state index contributed by atoms with van der Waals surface area (Å²) >= 11 is 0. The van der Waals surface area contributed by atoms with Gasteiger partial charge in [-0.2, -0.15) is 4.31 Å². The first kappa shape index (κ1) is 17.8. The van der Waals surface area contributed by atoms with Crippen LogP contribution >= 0.6 is 0 Å². The molecule has 140 valence electrons. The predicted molar refractivity (Wildman–Crippen MR) is 102 cm³/mol. The van der Waals surface area contributed by atoms with Crippen molar-refractivity contribution >= 4 is 26.7 Å². The number of sulfonamides is 1. The van der Waals surface area contributed by atoms with E-state index in [9.17, 15) is 12.8 Å². The monoisotopic (exact) mass is 386 g/mol. The Morgan fingerprint density at radius 3 is 2.48 bits per heavy atom. The molecule has 8 heteroatoms. The van der Waals surface area contributed by atoms with Crippen LogP contribution in [-0.2, 0) is 10.0 Å². The second kappa shape index (κ2) is 6.86. The Bertz CT molecular complexity index is 1090. The summed E-state index contributed by atoms with van der Waals surface area (Å²) < 4.78 is 40.4. The van der Waals surface area contributed by atoms with Crippen LogP contribution in [0, 0.1) is 12.7 Å². The van der Waals surface area contributed by atoms with E-state index in [1.807, 2.05) is 25.1 Å². The maximum Gasteiger partial charge on any atom is 0.243 e. The first-order valence-electron chi connectivity index (χ1n) is 8.68. The molecule has 2 heterocycles. The second-order valence-corrected chi connectivity index (χ2v) is 8.45. The maximum atomic E-state index is 13.4. The molecule has 1 aliphatic rings. The van der Waals surface area contributed by atoms with Gasteiger partial charge in [-0.25, -0.2) is 22.8 Å². The SMILES string of the molecule is Cc1cccc2ncnc(N3CCN(S(=O)(=O)c4cccc(F)c4)CC3)c12. The van der Waals surface area contributed by atoms with Gasteiger partial charge in [-0.3, -0.25) is 0 Å². The minimum absolute atomic E-state index is 0.0146. The van der Waals surface area contributed by atoms with Crippen molar-refractivity contribution in [3.63, 3.8) is 0 Å². The van der Waals surface area contributed by atoms with Crippen LogP contribution in [0.2, 0.25) is 0 Å².